The maximum atomic E-state index is 12.5. The van der Waals surface area contributed by atoms with Gasteiger partial charge in [0.05, 0.1) is 13.2 Å². The molecule has 1 saturated carbocycles. The average Bonchev–Trinajstić information content (AvgIpc) is 2.31. The highest BCUT2D eigenvalue weighted by atomic mass is 31.2. The Labute approximate surface area is 103 Å². The molecule has 0 aromatic carbocycles. The Morgan fingerprint density at radius 1 is 1.18 bits per heavy atom. The topological polar surface area (TPSA) is 55.8 Å². The van der Waals surface area contributed by atoms with Gasteiger partial charge < -0.3 is 0 Å². The minimum atomic E-state index is -3.43. The first-order valence-electron chi connectivity index (χ1n) is 6.31. The molecule has 5 nitrogen and oxygen atoms in total. The molecule has 0 N–H and O–H groups in total. The van der Waals surface area contributed by atoms with Crippen molar-refractivity contribution in [2.24, 2.45) is 0 Å². The van der Waals surface area contributed by atoms with Crippen molar-refractivity contribution in [1.29, 1.82) is 0 Å². The fourth-order valence-corrected chi connectivity index (χ4v) is 3.93. The summed E-state index contributed by atoms with van der Waals surface area (Å²) in [4.78, 5) is 11.2. The normalized spacial score (nSPS) is 18.0. The summed E-state index contributed by atoms with van der Waals surface area (Å²) in [7, 11) is -3.43. The van der Waals surface area contributed by atoms with E-state index in [1.165, 1.54) is 11.1 Å². The molecule has 0 bridgehead atoms. The maximum absolute atomic E-state index is 12.5. The summed E-state index contributed by atoms with van der Waals surface area (Å²) in [6, 6.07) is -0.00909. The van der Waals surface area contributed by atoms with E-state index in [9.17, 15) is 9.36 Å². The number of hydrogen-bond acceptors (Lipinski definition) is 4. The lowest BCUT2D eigenvalue weighted by Gasteiger charge is -2.35. The number of hydrogen-bond donors (Lipinski definition) is 0. The Hall–Kier alpha value is -0.380. The van der Waals surface area contributed by atoms with Gasteiger partial charge in [0.25, 0.3) is 0 Å². The molecule has 0 aromatic heterocycles. The highest BCUT2D eigenvalue weighted by Crippen LogP contribution is 2.53. The van der Waals surface area contributed by atoms with Crippen LogP contribution in [0, 0.1) is 0 Å². The van der Waals surface area contributed by atoms with Crippen molar-refractivity contribution in [3.05, 3.63) is 0 Å². The minimum absolute atomic E-state index is 0.00909. The maximum Gasteiger partial charge on any atom is 0.437 e. The lowest BCUT2D eigenvalue weighted by Crippen LogP contribution is -2.34. The number of rotatable bonds is 7. The van der Waals surface area contributed by atoms with E-state index >= 15 is 0 Å². The highest BCUT2D eigenvalue weighted by Gasteiger charge is 2.37. The van der Waals surface area contributed by atoms with Gasteiger partial charge in [0, 0.05) is 6.04 Å². The minimum Gasteiger partial charge on any atom is -0.292 e. The molecule has 0 aromatic rings. The summed E-state index contributed by atoms with van der Waals surface area (Å²) in [5.41, 5.74) is 0. The number of carbonyl (C=O) groups is 1. The zero-order valence-electron chi connectivity index (χ0n) is 10.6. The monoisotopic (exact) mass is 263 g/mol. The molecule has 0 heterocycles. The summed E-state index contributed by atoms with van der Waals surface area (Å²) >= 11 is 0. The Morgan fingerprint density at radius 3 is 2.12 bits per heavy atom. The molecule has 17 heavy (non-hydrogen) atoms. The fraction of sp³-hybridized carbons (Fsp3) is 0.909. The Balaban J connectivity index is 2.79. The van der Waals surface area contributed by atoms with Crippen LogP contribution in [0.5, 0.6) is 0 Å². The predicted molar refractivity (Wildman–Crippen MR) is 65.6 cm³/mol. The first-order valence-corrected chi connectivity index (χ1v) is 7.80. The van der Waals surface area contributed by atoms with Crippen LogP contribution in [-0.4, -0.2) is 30.3 Å². The van der Waals surface area contributed by atoms with Gasteiger partial charge in [-0.25, -0.2) is 9.24 Å². The summed E-state index contributed by atoms with van der Waals surface area (Å²) in [6.07, 6.45) is 5.67. The van der Waals surface area contributed by atoms with Gasteiger partial charge in [-0.05, 0) is 26.7 Å². The van der Waals surface area contributed by atoms with Crippen LogP contribution in [0.15, 0.2) is 0 Å². The van der Waals surface area contributed by atoms with Gasteiger partial charge in [0.15, 0.2) is 0 Å². The first kappa shape index (κ1) is 14.7. The molecule has 1 fully saturated rings. The molecule has 0 aliphatic heterocycles. The third-order valence-electron chi connectivity index (χ3n) is 2.92. The van der Waals surface area contributed by atoms with E-state index in [4.69, 9.17) is 9.05 Å². The Kier molecular flexibility index (Phi) is 6.17. The van der Waals surface area contributed by atoms with Gasteiger partial charge in [-0.15, -0.1) is 0 Å². The van der Waals surface area contributed by atoms with E-state index in [-0.39, 0.29) is 19.3 Å². The first-order chi connectivity index (χ1) is 8.18. The van der Waals surface area contributed by atoms with Crippen molar-refractivity contribution < 1.29 is 18.4 Å². The van der Waals surface area contributed by atoms with Crippen molar-refractivity contribution in [3.8, 4) is 0 Å². The van der Waals surface area contributed by atoms with Crippen molar-refractivity contribution in [2.45, 2.75) is 52.0 Å². The molecule has 0 spiro atoms. The van der Waals surface area contributed by atoms with Gasteiger partial charge in [-0.3, -0.25) is 13.8 Å². The number of carbonyl (C=O) groups excluding carboxylic acids is 1. The standard InChI is InChI=1S/C11H22NO4P/c1-3-15-17(14,16-4-2)12(10-13)11-8-6-5-7-9-11/h10-11H,3-9H2,1-2H3. The van der Waals surface area contributed by atoms with Crippen LogP contribution < -0.4 is 0 Å². The predicted octanol–water partition coefficient (Wildman–Crippen LogP) is 2.96. The molecule has 1 aliphatic rings. The SMILES string of the molecule is CCOP(=O)(OCC)N(C=O)C1CCCCC1. The van der Waals surface area contributed by atoms with E-state index < -0.39 is 7.75 Å². The van der Waals surface area contributed by atoms with Crippen LogP contribution in [0.4, 0.5) is 0 Å². The lowest BCUT2D eigenvalue weighted by atomic mass is 9.96. The van der Waals surface area contributed by atoms with Crippen LogP contribution in [-0.2, 0) is 18.4 Å². The molecule has 1 rings (SSSR count). The van der Waals surface area contributed by atoms with E-state index in [0.29, 0.717) is 6.41 Å². The number of amides is 1. The summed E-state index contributed by atoms with van der Waals surface area (Å²) in [6.45, 7) is 4.04. The largest absolute Gasteiger partial charge is 0.437 e. The molecular weight excluding hydrogens is 241 g/mol. The van der Waals surface area contributed by atoms with Gasteiger partial charge in [-0.1, -0.05) is 19.3 Å². The fourth-order valence-electron chi connectivity index (χ4n) is 2.19. The van der Waals surface area contributed by atoms with Crippen LogP contribution in [0.2, 0.25) is 0 Å². The Bertz CT molecular complexity index is 269. The third-order valence-corrected chi connectivity index (χ3v) is 5.08. The molecule has 0 unspecified atom stereocenters. The van der Waals surface area contributed by atoms with Gasteiger partial charge in [-0.2, -0.15) is 0 Å². The molecule has 1 amide bonds. The second kappa shape index (κ2) is 7.14. The zero-order chi connectivity index (χ0) is 12.7. The molecule has 6 heteroatoms. The quantitative estimate of drug-likeness (QED) is 0.523. The van der Waals surface area contributed by atoms with Crippen molar-refractivity contribution >= 4 is 14.2 Å². The smallest absolute Gasteiger partial charge is 0.292 e. The van der Waals surface area contributed by atoms with Gasteiger partial charge in [0.2, 0.25) is 6.41 Å². The molecule has 100 valence electrons. The van der Waals surface area contributed by atoms with Crippen LogP contribution >= 0.6 is 7.75 Å². The molecule has 0 radical (unpaired) electrons. The van der Waals surface area contributed by atoms with Crippen molar-refractivity contribution in [3.63, 3.8) is 0 Å². The second-order valence-electron chi connectivity index (χ2n) is 4.08. The highest BCUT2D eigenvalue weighted by molar-refractivity contribution is 7.51. The van der Waals surface area contributed by atoms with Gasteiger partial charge >= 0.3 is 7.75 Å². The average molecular weight is 263 g/mol. The van der Waals surface area contributed by atoms with E-state index in [0.717, 1.165) is 25.7 Å². The van der Waals surface area contributed by atoms with E-state index in [1.807, 2.05) is 0 Å². The third kappa shape index (κ3) is 3.80. The zero-order valence-corrected chi connectivity index (χ0v) is 11.5. The molecular formula is C11H22NO4P. The van der Waals surface area contributed by atoms with Gasteiger partial charge in [0.1, 0.15) is 0 Å². The number of nitrogens with zero attached hydrogens (tertiary/aromatic N) is 1. The van der Waals surface area contributed by atoms with Crippen LogP contribution in [0.1, 0.15) is 46.0 Å². The van der Waals surface area contributed by atoms with Crippen molar-refractivity contribution in [2.75, 3.05) is 13.2 Å². The van der Waals surface area contributed by atoms with Crippen LogP contribution in [0.25, 0.3) is 0 Å². The van der Waals surface area contributed by atoms with Crippen molar-refractivity contribution in [1.82, 2.24) is 4.67 Å². The Morgan fingerprint density at radius 2 is 1.71 bits per heavy atom. The van der Waals surface area contributed by atoms with E-state index in [2.05, 4.69) is 0 Å². The summed E-state index contributed by atoms with van der Waals surface area (Å²) in [5.74, 6) is 0. The molecule has 0 saturated heterocycles. The lowest BCUT2D eigenvalue weighted by molar-refractivity contribution is -0.117. The van der Waals surface area contributed by atoms with E-state index in [1.54, 1.807) is 13.8 Å². The molecule has 1 aliphatic carbocycles. The second-order valence-corrected chi connectivity index (χ2v) is 6.00. The summed E-state index contributed by atoms with van der Waals surface area (Å²) in [5, 5.41) is 0. The molecule has 0 atom stereocenters. The van der Waals surface area contributed by atoms with Crippen LogP contribution in [0.3, 0.4) is 0 Å². The summed E-state index contributed by atoms with van der Waals surface area (Å²) < 4.78 is 24.2.